The molecule has 0 unspecified atom stereocenters. The quantitative estimate of drug-likeness (QED) is 0.446. The average Bonchev–Trinajstić information content (AvgIpc) is 3.45. The predicted molar refractivity (Wildman–Crippen MR) is 132 cm³/mol. The molecule has 2 fully saturated rings. The highest BCUT2D eigenvalue weighted by Gasteiger charge is 2.26. The number of anilines is 2. The van der Waals surface area contributed by atoms with Crippen molar-refractivity contribution in [3.63, 3.8) is 0 Å². The van der Waals surface area contributed by atoms with Gasteiger partial charge in [0.2, 0.25) is 0 Å². The van der Waals surface area contributed by atoms with Crippen LogP contribution >= 0.6 is 0 Å². The van der Waals surface area contributed by atoms with Crippen molar-refractivity contribution in [2.75, 3.05) is 23.3 Å². The van der Waals surface area contributed by atoms with Crippen molar-refractivity contribution in [3.05, 3.63) is 78.9 Å². The van der Waals surface area contributed by atoms with Gasteiger partial charge in [0, 0.05) is 42.3 Å². The molecule has 0 spiro atoms. The van der Waals surface area contributed by atoms with Gasteiger partial charge in [0.25, 0.3) is 5.91 Å². The largest absolute Gasteiger partial charge is 0.336 e. The number of nitrogens with one attached hydrogen (secondary N) is 2. The monoisotopic (exact) mass is 465 g/mol. The van der Waals surface area contributed by atoms with Crippen LogP contribution in [0.2, 0.25) is 0 Å². The highest BCUT2D eigenvalue weighted by atomic mass is 16.2. The number of rotatable bonds is 6. The summed E-state index contributed by atoms with van der Waals surface area (Å²) in [6.07, 6.45) is 5.67. The molecule has 2 aromatic heterocycles. The first kappa shape index (κ1) is 21.0. The lowest BCUT2D eigenvalue weighted by Crippen LogP contribution is -2.27. The SMILES string of the molecule is O=C(Nc1cccc(-c2nncn2C2CC2)c1)c1cc(-c2ccc(N3CCNC3=O)cc2)ccn1. The van der Waals surface area contributed by atoms with E-state index in [-0.39, 0.29) is 11.9 Å². The summed E-state index contributed by atoms with van der Waals surface area (Å²) in [5.41, 5.74) is 4.53. The van der Waals surface area contributed by atoms with Crippen LogP contribution in [-0.4, -0.2) is 44.8 Å². The maximum absolute atomic E-state index is 13.0. The fourth-order valence-electron chi connectivity index (χ4n) is 4.29. The van der Waals surface area contributed by atoms with Crippen LogP contribution in [-0.2, 0) is 0 Å². The Balaban J connectivity index is 1.19. The average molecular weight is 466 g/mol. The number of benzene rings is 2. The minimum absolute atomic E-state index is 0.0857. The molecule has 9 heteroatoms. The number of pyridine rings is 1. The Kier molecular flexibility index (Phi) is 5.21. The van der Waals surface area contributed by atoms with Crippen LogP contribution in [0.1, 0.15) is 29.4 Å². The van der Waals surface area contributed by atoms with Gasteiger partial charge in [-0.05, 0) is 60.4 Å². The standard InChI is InChI=1S/C26H23N7O2/c34-25(30-20-3-1-2-19(14-20)24-31-29-16-33(24)22-8-9-22)23-15-18(10-11-27-23)17-4-6-21(7-5-17)32-13-12-28-26(32)35/h1-7,10-11,14-16,22H,8-9,12-13H2,(H,28,35)(H,30,34). The Labute approximate surface area is 201 Å². The first-order valence-electron chi connectivity index (χ1n) is 11.6. The van der Waals surface area contributed by atoms with E-state index in [0.717, 1.165) is 41.0 Å². The summed E-state index contributed by atoms with van der Waals surface area (Å²) < 4.78 is 2.09. The third kappa shape index (κ3) is 4.23. The summed E-state index contributed by atoms with van der Waals surface area (Å²) in [5, 5.41) is 14.1. The van der Waals surface area contributed by atoms with Crippen LogP contribution in [0.25, 0.3) is 22.5 Å². The topological polar surface area (TPSA) is 105 Å². The first-order valence-corrected chi connectivity index (χ1v) is 11.6. The summed E-state index contributed by atoms with van der Waals surface area (Å²) in [5.74, 6) is 0.511. The molecule has 6 rings (SSSR count). The molecule has 3 amide bonds. The number of amides is 3. The zero-order valence-corrected chi connectivity index (χ0v) is 18.9. The van der Waals surface area contributed by atoms with Gasteiger partial charge in [-0.1, -0.05) is 24.3 Å². The number of urea groups is 1. The summed E-state index contributed by atoms with van der Waals surface area (Å²) in [6.45, 7) is 1.30. The van der Waals surface area contributed by atoms with Crippen LogP contribution in [0.15, 0.2) is 73.2 Å². The van der Waals surface area contributed by atoms with Gasteiger partial charge >= 0.3 is 6.03 Å². The fraction of sp³-hybridized carbons (Fsp3) is 0.192. The second-order valence-electron chi connectivity index (χ2n) is 8.69. The molecule has 2 aromatic carbocycles. The molecule has 1 saturated carbocycles. The third-order valence-electron chi connectivity index (χ3n) is 6.25. The Morgan fingerprint density at radius 2 is 1.86 bits per heavy atom. The van der Waals surface area contributed by atoms with Crippen molar-refractivity contribution >= 4 is 23.3 Å². The summed E-state index contributed by atoms with van der Waals surface area (Å²) in [7, 11) is 0. The Morgan fingerprint density at radius 3 is 2.63 bits per heavy atom. The molecule has 4 aromatic rings. The van der Waals surface area contributed by atoms with E-state index in [1.165, 1.54) is 0 Å². The molecule has 174 valence electrons. The second kappa shape index (κ2) is 8.68. The number of hydrogen-bond donors (Lipinski definition) is 2. The van der Waals surface area contributed by atoms with Gasteiger partial charge in [-0.3, -0.25) is 14.7 Å². The van der Waals surface area contributed by atoms with Crippen molar-refractivity contribution in [3.8, 4) is 22.5 Å². The predicted octanol–water partition coefficient (Wildman–Crippen LogP) is 4.12. The molecule has 0 bridgehead atoms. The molecular weight excluding hydrogens is 442 g/mol. The van der Waals surface area contributed by atoms with E-state index in [2.05, 4.69) is 30.4 Å². The lowest BCUT2D eigenvalue weighted by atomic mass is 10.1. The Hall–Kier alpha value is -4.53. The number of carbonyl (C=O) groups excluding carboxylic acids is 2. The van der Waals surface area contributed by atoms with Gasteiger partial charge in [0.05, 0.1) is 0 Å². The van der Waals surface area contributed by atoms with Gasteiger partial charge in [0.1, 0.15) is 12.0 Å². The molecule has 35 heavy (non-hydrogen) atoms. The van der Waals surface area contributed by atoms with Crippen LogP contribution in [0.3, 0.4) is 0 Å². The fourth-order valence-corrected chi connectivity index (χ4v) is 4.29. The minimum atomic E-state index is -0.294. The zero-order chi connectivity index (χ0) is 23.8. The van der Waals surface area contributed by atoms with Gasteiger partial charge in [-0.25, -0.2) is 4.79 Å². The highest BCUT2D eigenvalue weighted by molar-refractivity contribution is 6.03. The molecular formula is C26H23N7O2. The van der Waals surface area contributed by atoms with Crippen molar-refractivity contribution in [2.24, 2.45) is 0 Å². The normalized spacial score (nSPS) is 15.2. The lowest BCUT2D eigenvalue weighted by Gasteiger charge is -2.14. The molecule has 9 nitrogen and oxygen atoms in total. The van der Waals surface area contributed by atoms with E-state index in [0.29, 0.717) is 30.5 Å². The highest BCUT2D eigenvalue weighted by Crippen LogP contribution is 2.37. The van der Waals surface area contributed by atoms with Gasteiger partial charge in [-0.15, -0.1) is 10.2 Å². The molecule has 3 heterocycles. The Morgan fingerprint density at radius 1 is 1.00 bits per heavy atom. The second-order valence-corrected chi connectivity index (χ2v) is 8.69. The van der Waals surface area contributed by atoms with E-state index in [9.17, 15) is 9.59 Å². The zero-order valence-electron chi connectivity index (χ0n) is 18.9. The smallest absolute Gasteiger partial charge is 0.321 e. The van der Waals surface area contributed by atoms with Crippen LogP contribution in [0, 0.1) is 0 Å². The minimum Gasteiger partial charge on any atom is -0.336 e. The van der Waals surface area contributed by atoms with Crippen LogP contribution < -0.4 is 15.5 Å². The van der Waals surface area contributed by atoms with Gasteiger partial charge in [0.15, 0.2) is 5.82 Å². The third-order valence-corrected chi connectivity index (χ3v) is 6.25. The molecule has 2 N–H and O–H groups in total. The molecule has 1 aliphatic heterocycles. The molecule has 1 aliphatic carbocycles. The summed E-state index contributed by atoms with van der Waals surface area (Å²) >= 11 is 0. The molecule has 1 saturated heterocycles. The van der Waals surface area contributed by atoms with E-state index in [1.54, 1.807) is 23.5 Å². The van der Waals surface area contributed by atoms with Crippen molar-refractivity contribution < 1.29 is 9.59 Å². The van der Waals surface area contributed by atoms with Crippen molar-refractivity contribution in [2.45, 2.75) is 18.9 Å². The van der Waals surface area contributed by atoms with E-state index in [1.807, 2.05) is 54.6 Å². The molecule has 0 radical (unpaired) electrons. The van der Waals surface area contributed by atoms with Gasteiger partial charge < -0.3 is 15.2 Å². The summed E-state index contributed by atoms with van der Waals surface area (Å²) in [4.78, 5) is 30.9. The number of aromatic nitrogens is 4. The van der Waals surface area contributed by atoms with E-state index < -0.39 is 0 Å². The summed E-state index contributed by atoms with van der Waals surface area (Å²) in [6, 6.07) is 19.3. The first-order chi connectivity index (χ1) is 17.2. The van der Waals surface area contributed by atoms with E-state index in [4.69, 9.17) is 0 Å². The van der Waals surface area contributed by atoms with Crippen molar-refractivity contribution in [1.29, 1.82) is 0 Å². The number of carbonyl (C=O) groups is 2. The molecule has 0 atom stereocenters. The Bertz CT molecular complexity index is 1410. The molecule has 2 aliphatic rings. The maximum atomic E-state index is 13.0. The maximum Gasteiger partial charge on any atom is 0.321 e. The van der Waals surface area contributed by atoms with E-state index >= 15 is 0 Å². The van der Waals surface area contributed by atoms with Crippen molar-refractivity contribution in [1.82, 2.24) is 25.1 Å². The lowest BCUT2D eigenvalue weighted by molar-refractivity contribution is 0.102. The van der Waals surface area contributed by atoms with Crippen LogP contribution in [0.4, 0.5) is 16.2 Å². The van der Waals surface area contributed by atoms with Crippen LogP contribution in [0.5, 0.6) is 0 Å². The van der Waals surface area contributed by atoms with Gasteiger partial charge in [-0.2, -0.15) is 0 Å². The number of hydrogen-bond acceptors (Lipinski definition) is 5. The number of nitrogens with zero attached hydrogens (tertiary/aromatic N) is 5.